The van der Waals surface area contributed by atoms with Gasteiger partial charge >= 0.3 is 11.9 Å². The average molecular weight is 455 g/mol. The number of nitrogens with two attached hydrogens (primary N) is 1. The van der Waals surface area contributed by atoms with E-state index in [1.807, 2.05) is 18.7 Å². The van der Waals surface area contributed by atoms with Crippen LogP contribution in [-0.4, -0.2) is 39.6 Å². The highest BCUT2D eigenvalue weighted by Crippen LogP contribution is 2.36. The minimum atomic E-state index is -4.81. The Kier molecular flexibility index (Phi) is 6.47. The molecule has 1 amide bonds. The summed E-state index contributed by atoms with van der Waals surface area (Å²) in [5.41, 5.74) is 3.12. The van der Waals surface area contributed by atoms with E-state index in [2.05, 4.69) is 0 Å². The lowest BCUT2D eigenvalue weighted by atomic mass is 10.1. The van der Waals surface area contributed by atoms with Crippen molar-refractivity contribution in [1.29, 1.82) is 0 Å². The van der Waals surface area contributed by atoms with Crippen LogP contribution in [0.5, 0.6) is 0 Å². The van der Waals surface area contributed by atoms with E-state index in [1.54, 1.807) is 0 Å². The lowest BCUT2D eigenvalue weighted by Gasteiger charge is -2.18. The summed E-state index contributed by atoms with van der Waals surface area (Å²) in [5, 5.41) is 0.383. The number of benzene rings is 2. The molecule has 2 N–H and O–H groups in total. The van der Waals surface area contributed by atoms with Crippen molar-refractivity contribution < 1.29 is 18.0 Å². The summed E-state index contributed by atoms with van der Waals surface area (Å²) in [4.78, 5) is 27.1. The van der Waals surface area contributed by atoms with Gasteiger partial charge in [-0.1, -0.05) is 25.4 Å². The molecule has 0 aliphatic rings. The number of hydrogen-bond acceptors (Lipinski definition) is 3. The zero-order valence-electron chi connectivity index (χ0n) is 17.0. The number of primary amides is 1. The molecule has 2 aromatic carbocycles. The number of hydrogen-bond donors (Lipinski definition) is 1. The Bertz CT molecular complexity index is 1160. The molecule has 166 valence electrons. The Morgan fingerprint density at radius 1 is 1.13 bits per heavy atom. The fourth-order valence-corrected chi connectivity index (χ4v) is 3.69. The maximum absolute atomic E-state index is 14.0. The Balaban J connectivity index is 2.38. The number of likely N-dealkylation sites (N-methyl/N-ethyl adjacent to an activating group) is 1. The highest BCUT2D eigenvalue weighted by molar-refractivity contribution is 6.30. The summed E-state index contributed by atoms with van der Waals surface area (Å²) in [5.74, 6) is -1.01. The molecule has 0 unspecified atom stereocenters. The van der Waals surface area contributed by atoms with Crippen molar-refractivity contribution in [2.75, 3.05) is 19.6 Å². The number of carbonyl (C=O) groups is 1. The third kappa shape index (κ3) is 4.47. The molecular formula is C21H22ClF3N4O2. The predicted molar refractivity (Wildman–Crippen MR) is 114 cm³/mol. The van der Waals surface area contributed by atoms with Crippen LogP contribution in [0.2, 0.25) is 5.02 Å². The fraction of sp³-hybridized carbons (Fsp3) is 0.333. The minimum absolute atomic E-state index is 0.00395. The fourth-order valence-electron chi connectivity index (χ4n) is 3.56. The lowest BCUT2D eigenvalue weighted by molar-refractivity contribution is -0.136. The van der Waals surface area contributed by atoms with Gasteiger partial charge in [-0.05, 0) is 49.5 Å². The van der Waals surface area contributed by atoms with E-state index in [4.69, 9.17) is 17.3 Å². The Morgan fingerprint density at radius 2 is 1.74 bits per heavy atom. The van der Waals surface area contributed by atoms with Gasteiger partial charge in [0.2, 0.25) is 5.91 Å². The summed E-state index contributed by atoms with van der Waals surface area (Å²) in [6.45, 7) is 5.96. The van der Waals surface area contributed by atoms with Crippen molar-refractivity contribution >= 4 is 28.5 Å². The molecule has 0 radical (unpaired) electrons. The second-order valence-electron chi connectivity index (χ2n) is 7.03. The molecule has 3 aromatic rings. The molecule has 31 heavy (non-hydrogen) atoms. The average Bonchev–Trinajstić information content (AvgIpc) is 2.99. The summed E-state index contributed by atoms with van der Waals surface area (Å²) >= 11 is 5.91. The molecule has 0 aliphatic heterocycles. The van der Waals surface area contributed by atoms with Gasteiger partial charge in [0.25, 0.3) is 0 Å². The van der Waals surface area contributed by atoms with Crippen LogP contribution in [0.15, 0.2) is 41.2 Å². The molecule has 3 rings (SSSR count). The molecule has 0 spiro atoms. The van der Waals surface area contributed by atoms with Crippen LogP contribution in [0.25, 0.3) is 16.7 Å². The zero-order chi connectivity index (χ0) is 22.9. The normalized spacial score (nSPS) is 12.1. The highest BCUT2D eigenvalue weighted by atomic mass is 35.5. The van der Waals surface area contributed by atoms with Gasteiger partial charge in [-0.15, -0.1) is 0 Å². The van der Waals surface area contributed by atoms with Crippen LogP contribution in [0.1, 0.15) is 29.8 Å². The molecule has 0 saturated carbocycles. The van der Waals surface area contributed by atoms with Crippen LogP contribution in [0.4, 0.5) is 13.2 Å². The van der Waals surface area contributed by atoms with Crippen LogP contribution in [-0.2, 0) is 12.7 Å². The first-order valence-corrected chi connectivity index (χ1v) is 10.1. The smallest absolute Gasteiger partial charge is 0.366 e. The molecule has 0 bridgehead atoms. The number of amides is 1. The molecule has 1 aromatic heterocycles. The van der Waals surface area contributed by atoms with E-state index < -0.39 is 23.3 Å². The van der Waals surface area contributed by atoms with Gasteiger partial charge in [0, 0.05) is 23.7 Å². The third-order valence-corrected chi connectivity index (χ3v) is 5.49. The zero-order valence-corrected chi connectivity index (χ0v) is 17.8. The predicted octanol–water partition coefficient (Wildman–Crippen LogP) is 3.91. The SMILES string of the molecule is CCN(CC)CCn1c(=O)n(-c2ccc(Cl)cc2)c2c(C(F)(F)F)cc(C(N)=O)cc21. The molecule has 1 heterocycles. The standard InChI is InChI=1S/C21H22ClF3N4O2/c1-3-27(4-2)9-10-28-17-12-13(19(26)30)11-16(21(23,24)25)18(17)29(20(28)31)15-7-5-14(22)6-8-15/h5-8,11-12H,3-4,9-10H2,1-2H3,(H2,26,30). The quantitative estimate of drug-likeness (QED) is 0.588. The van der Waals surface area contributed by atoms with Crippen molar-refractivity contribution in [2.45, 2.75) is 26.6 Å². The van der Waals surface area contributed by atoms with E-state index in [0.29, 0.717) is 17.6 Å². The first-order valence-electron chi connectivity index (χ1n) is 9.73. The summed E-state index contributed by atoms with van der Waals surface area (Å²) in [7, 11) is 0. The number of nitrogens with zero attached hydrogens (tertiary/aromatic N) is 3. The number of imidazole rings is 1. The molecule has 0 saturated heterocycles. The van der Waals surface area contributed by atoms with E-state index in [-0.39, 0.29) is 28.8 Å². The molecule has 10 heteroatoms. The van der Waals surface area contributed by atoms with Crippen molar-refractivity contribution in [2.24, 2.45) is 5.73 Å². The second kappa shape index (κ2) is 8.76. The highest BCUT2D eigenvalue weighted by Gasteiger charge is 2.36. The monoisotopic (exact) mass is 454 g/mol. The number of aromatic nitrogens is 2. The van der Waals surface area contributed by atoms with Crippen molar-refractivity contribution in [1.82, 2.24) is 14.0 Å². The number of carbonyl (C=O) groups excluding carboxylic acids is 1. The Hall–Kier alpha value is -2.78. The number of fused-ring (bicyclic) bond motifs is 1. The van der Waals surface area contributed by atoms with Crippen LogP contribution >= 0.6 is 11.6 Å². The van der Waals surface area contributed by atoms with E-state index in [9.17, 15) is 22.8 Å². The Morgan fingerprint density at radius 3 is 2.26 bits per heavy atom. The maximum Gasteiger partial charge on any atom is 0.418 e. The van der Waals surface area contributed by atoms with Crippen molar-refractivity contribution in [3.63, 3.8) is 0 Å². The van der Waals surface area contributed by atoms with E-state index in [0.717, 1.165) is 17.7 Å². The maximum atomic E-state index is 14.0. The molecule has 0 atom stereocenters. The summed E-state index contributed by atoms with van der Waals surface area (Å²) in [6.07, 6.45) is -4.81. The van der Waals surface area contributed by atoms with Crippen molar-refractivity contribution in [3.8, 4) is 5.69 Å². The molecule has 6 nitrogen and oxygen atoms in total. The largest absolute Gasteiger partial charge is 0.418 e. The summed E-state index contributed by atoms with van der Waals surface area (Å²) in [6, 6.07) is 7.86. The van der Waals surface area contributed by atoms with Crippen LogP contribution in [0.3, 0.4) is 0 Å². The van der Waals surface area contributed by atoms with Gasteiger partial charge < -0.3 is 10.6 Å². The van der Waals surface area contributed by atoms with Crippen LogP contribution in [0, 0.1) is 0 Å². The molecule has 0 aliphatic carbocycles. The van der Waals surface area contributed by atoms with Crippen molar-refractivity contribution in [3.05, 3.63) is 63.0 Å². The topological polar surface area (TPSA) is 73.3 Å². The molecular weight excluding hydrogens is 433 g/mol. The minimum Gasteiger partial charge on any atom is -0.366 e. The third-order valence-electron chi connectivity index (χ3n) is 5.24. The van der Waals surface area contributed by atoms with Gasteiger partial charge in [-0.25, -0.2) is 4.79 Å². The summed E-state index contributed by atoms with van der Waals surface area (Å²) < 4.78 is 44.2. The Labute approximate surface area is 181 Å². The lowest BCUT2D eigenvalue weighted by Crippen LogP contribution is -2.31. The van der Waals surface area contributed by atoms with E-state index >= 15 is 0 Å². The van der Waals surface area contributed by atoms with Crippen LogP contribution < -0.4 is 11.4 Å². The first-order chi connectivity index (χ1) is 14.6. The van der Waals surface area contributed by atoms with Gasteiger partial charge in [-0.2, -0.15) is 13.2 Å². The number of alkyl halides is 3. The van der Waals surface area contributed by atoms with Gasteiger partial charge in [0.05, 0.1) is 22.3 Å². The molecule has 0 fully saturated rings. The van der Waals surface area contributed by atoms with Gasteiger partial charge in [0.15, 0.2) is 0 Å². The second-order valence-corrected chi connectivity index (χ2v) is 7.46. The van der Waals surface area contributed by atoms with Gasteiger partial charge in [-0.3, -0.25) is 13.9 Å². The van der Waals surface area contributed by atoms with E-state index in [1.165, 1.54) is 34.9 Å². The number of rotatable bonds is 7. The first kappa shape index (κ1) is 22.9. The number of halogens is 4. The van der Waals surface area contributed by atoms with Gasteiger partial charge in [0.1, 0.15) is 0 Å².